The zero-order valence-electron chi connectivity index (χ0n) is 19.7. The molecule has 1 saturated heterocycles. The number of rotatable bonds is 6. The van der Waals surface area contributed by atoms with Gasteiger partial charge in [0.05, 0.1) is 18.4 Å². The maximum Gasteiger partial charge on any atom is 0.258 e. The van der Waals surface area contributed by atoms with Gasteiger partial charge in [-0.15, -0.1) is 0 Å². The largest absolute Gasteiger partial charge is 0.540 e. The molecular weight excluding hydrogens is 392 g/mol. The van der Waals surface area contributed by atoms with E-state index in [9.17, 15) is 4.79 Å². The maximum atomic E-state index is 13.4. The number of benzene rings is 1. The number of carbonyl (C=O) groups is 1. The van der Waals surface area contributed by atoms with Crippen molar-refractivity contribution in [2.75, 3.05) is 25.5 Å². The quantitative estimate of drug-likeness (QED) is 0.591. The number of amides is 1. The Hall–Kier alpha value is -1.69. The number of anilines is 1. The second kappa shape index (κ2) is 7.47. The third-order valence-electron chi connectivity index (χ3n) is 7.89. The highest BCUT2D eigenvalue weighted by atomic mass is 28.4. The molecule has 5 nitrogen and oxygen atoms in total. The van der Waals surface area contributed by atoms with Crippen LogP contribution in [-0.4, -0.2) is 45.4 Å². The fraction of sp³-hybridized carbons (Fsp3) is 0.708. The molecule has 0 unspecified atom stereocenters. The van der Waals surface area contributed by atoms with Gasteiger partial charge >= 0.3 is 0 Å². The molecule has 0 bridgehead atoms. The fourth-order valence-corrected chi connectivity index (χ4v) is 11.4. The number of nitrogens with zero attached hydrogens (tertiary/aromatic N) is 1. The number of methoxy groups -OCH3 is 1. The first-order valence-electron chi connectivity index (χ1n) is 11.6. The fourth-order valence-electron chi connectivity index (χ4n) is 6.17. The number of carbonyl (C=O) groups excluding carboxylic acids is 1. The van der Waals surface area contributed by atoms with E-state index in [-0.39, 0.29) is 5.91 Å². The Kier molecular flexibility index (Phi) is 5.36. The molecule has 2 aliphatic heterocycles. The Morgan fingerprint density at radius 3 is 2.23 bits per heavy atom. The smallest absolute Gasteiger partial charge is 0.258 e. The van der Waals surface area contributed by atoms with Crippen LogP contribution >= 0.6 is 0 Å². The number of hydrogen-bond donors (Lipinski definition) is 1. The molecule has 0 radical (unpaired) electrons. The summed E-state index contributed by atoms with van der Waals surface area (Å²) in [5.41, 5.74) is 3.41. The lowest BCUT2D eigenvalue weighted by Crippen LogP contribution is -2.50. The molecule has 2 fully saturated rings. The van der Waals surface area contributed by atoms with Crippen molar-refractivity contribution in [1.29, 1.82) is 0 Å². The van der Waals surface area contributed by atoms with Gasteiger partial charge in [0.2, 0.25) is 0 Å². The second-order valence-electron chi connectivity index (χ2n) is 10.6. The van der Waals surface area contributed by atoms with Crippen molar-refractivity contribution < 1.29 is 14.0 Å². The molecule has 1 aliphatic carbocycles. The summed E-state index contributed by atoms with van der Waals surface area (Å²) < 4.78 is 12.7. The van der Waals surface area contributed by atoms with Crippen LogP contribution in [0.2, 0.25) is 16.6 Å². The van der Waals surface area contributed by atoms with Crippen LogP contribution in [0.4, 0.5) is 5.69 Å². The van der Waals surface area contributed by atoms with Gasteiger partial charge in [0.15, 0.2) is 5.75 Å². The van der Waals surface area contributed by atoms with Crippen LogP contribution in [0, 0.1) is 5.41 Å². The van der Waals surface area contributed by atoms with Gasteiger partial charge in [-0.25, -0.2) is 0 Å². The summed E-state index contributed by atoms with van der Waals surface area (Å²) in [6.45, 7) is 15.4. The lowest BCUT2D eigenvalue weighted by Gasteiger charge is -2.42. The summed E-state index contributed by atoms with van der Waals surface area (Å²) in [6.07, 6.45) is 3.66. The van der Waals surface area contributed by atoms with E-state index in [0.29, 0.717) is 39.4 Å². The number of fused-ring (bicyclic) bond motifs is 2. The van der Waals surface area contributed by atoms with E-state index in [0.717, 1.165) is 30.9 Å². The summed E-state index contributed by atoms with van der Waals surface area (Å²) in [6, 6.07) is 4.22. The molecule has 1 aromatic carbocycles. The van der Waals surface area contributed by atoms with E-state index in [1.807, 2.05) is 12.1 Å². The maximum absolute atomic E-state index is 13.4. The van der Waals surface area contributed by atoms with Crippen LogP contribution in [0.1, 0.15) is 71.2 Å². The average molecular weight is 431 g/mol. The minimum Gasteiger partial charge on any atom is -0.540 e. The highest BCUT2D eigenvalue weighted by molar-refractivity contribution is 6.78. The van der Waals surface area contributed by atoms with E-state index in [1.54, 1.807) is 7.11 Å². The molecule has 1 N–H and O–H groups in total. The summed E-state index contributed by atoms with van der Waals surface area (Å²) >= 11 is 0. The van der Waals surface area contributed by atoms with Crippen LogP contribution in [-0.2, 0) is 0 Å². The number of nitrogens with one attached hydrogen (secondary N) is 1. The van der Waals surface area contributed by atoms with Crippen molar-refractivity contribution in [2.24, 2.45) is 5.41 Å². The van der Waals surface area contributed by atoms with Gasteiger partial charge in [0.25, 0.3) is 14.2 Å². The lowest BCUT2D eigenvalue weighted by molar-refractivity contribution is 0.0744. The van der Waals surface area contributed by atoms with E-state index in [1.165, 1.54) is 12.8 Å². The molecule has 1 saturated carbocycles. The van der Waals surface area contributed by atoms with E-state index in [4.69, 9.17) is 9.16 Å². The zero-order valence-corrected chi connectivity index (χ0v) is 20.7. The normalized spacial score (nSPS) is 22.3. The van der Waals surface area contributed by atoms with Crippen molar-refractivity contribution >= 4 is 19.9 Å². The summed E-state index contributed by atoms with van der Waals surface area (Å²) in [5.74, 6) is 1.58. The highest BCUT2D eigenvalue weighted by Gasteiger charge is 2.54. The van der Waals surface area contributed by atoms with E-state index >= 15 is 0 Å². The Morgan fingerprint density at radius 1 is 1.07 bits per heavy atom. The minimum atomic E-state index is -2.13. The predicted octanol–water partition coefficient (Wildman–Crippen LogP) is 5.67. The Morgan fingerprint density at radius 2 is 1.70 bits per heavy atom. The molecule has 1 amide bonds. The van der Waals surface area contributed by atoms with Crippen molar-refractivity contribution in [2.45, 2.75) is 83.5 Å². The Bertz CT molecular complexity index is 810. The van der Waals surface area contributed by atoms with E-state index in [2.05, 4.69) is 51.8 Å². The van der Waals surface area contributed by atoms with Gasteiger partial charge < -0.3 is 19.4 Å². The van der Waals surface area contributed by atoms with Gasteiger partial charge in [-0.05, 0) is 47.4 Å². The van der Waals surface area contributed by atoms with Gasteiger partial charge in [-0.3, -0.25) is 4.79 Å². The first-order chi connectivity index (χ1) is 14.1. The summed E-state index contributed by atoms with van der Waals surface area (Å²) in [7, 11) is -0.457. The monoisotopic (exact) mass is 430 g/mol. The molecule has 1 aromatic rings. The summed E-state index contributed by atoms with van der Waals surface area (Å²) in [5, 5.41) is 3.58. The molecule has 1 spiro atoms. The van der Waals surface area contributed by atoms with Crippen LogP contribution in [0.15, 0.2) is 12.1 Å². The molecule has 4 rings (SSSR count). The van der Waals surface area contributed by atoms with Crippen LogP contribution in [0.5, 0.6) is 11.5 Å². The second-order valence-corrected chi connectivity index (χ2v) is 16.0. The van der Waals surface area contributed by atoms with Gasteiger partial charge in [-0.2, -0.15) is 0 Å². The average Bonchev–Trinajstić information content (AvgIpc) is 3.36. The third kappa shape index (κ3) is 3.31. The molecule has 1 atom stereocenters. The Labute approximate surface area is 182 Å². The molecule has 30 heavy (non-hydrogen) atoms. The van der Waals surface area contributed by atoms with Crippen LogP contribution in [0.3, 0.4) is 0 Å². The van der Waals surface area contributed by atoms with Crippen molar-refractivity contribution in [3.63, 3.8) is 0 Å². The molecule has 2 heterocycles. The van der Waals surface area contributed by atoms with Crippen LogP contribution in [0.25, 0.3) is 0 Å². The van der Waals surface area contributed by atoms with Gasteiger partial charge in [0, 0.05) is 25.2 Å². The van der Waals surface area contributed by atoms with Crippen molar-refractivity contribution in [1.82, 2.24) is 4.90 Å². The first-order valence-corrected chi connectivity index (χ1v) is 13.7. The van der Waals surface area contributed by atoms with Gasteiger partial charge in [-0.1, -0.05) is 41.5 Å². The highest BCUT2D eigenvalue weighted by Crippen LogP contribution is 2.55. The van der Waals surface area contributed by atoms with E-state index < -0.39 is 8.32 Å². The minimum absolute atomic E-state index is 0.133. The predicted molar refractivity (Wildman–Crippen MR) is 124 cm³/mol. The lowest BCUT2D eigenvalue weighted by atomic mass is 10.0. The Balaban J connectivity index is 1.71. The topological polar surface area (TPSA) is 50.8 Å². The SMILES string of the molecule is COc1cc2c(cc1O[Si](C(C)C)(C(C)C)C(C)C)NC[C@@H]1CC3(CC3)CN1C2=O. The van der Waals surface area contributed by atoms with Crippen molar-refractivity contribution in [3.05, 3.63) is 17.7 Å². The molecule has 166 valence electrons. The molecule has 3 aliphatic rings. The first kappa shape index (κ1) is 21.5. The van der Waals surface area contributed by atoms with Crippen molar-refractivity contribution in [3.8, 4) is 11.5 Å². The molecule has 6 heteroatoms. The summed E-state index contributed by atoms with van der Waals surface area (Å²) in [4.78, 5) is 15.5. The number of hydrogen-bond acceptors (Lipinski definition) is 4. The zero-order chi connectivity index (χ0) is 21.8. The molecule has 0 aromatic heterocycles. The standard InChI is InChI=1S/C24H38N2O3Si/c1-15(2)30(16(3)4,17(5)6)29-22-11-20-19(10-21(22)28-7)23(27)26-14-24(8-9-24)12-18(26)13-25-20/h10-11,15-18,25H,8-9,12-14H2,1-7H3/t18-/m0/s1. The molecular formula is C24H38N2O3Si. The third-order valence-corrected chi connectivity index (χ3v) is 13.9. The van der Waals surface area contributed by atoms with Gasteiger partial charge in [0.1, 0.15) is 5.75 Å². The van der Waals surface area contributed by atoms with Crippen LogP contribution < -0.4 is 14.5 Å². The number of ether oxygens (including phenoxy) is 1.